The number of benzene rings is 2. The van der Waals surface area contributed by atoms with E-state index in [2.05, 4.69) is 28.7 Å². The van der Waals surface area contributed by atoms with Crippen LogP contribution in [0.15, 0.2) is 30.3 Å². The molecule has 3 rings (SSSR count). The highest BCUT2D eigenvalue weighted by atomic mass is 127. The maximum Gasteiger partial charge on any atom is 0.231 e. The Hall–Kier alpha value is -2.40. The SMILES string of the molecule is CCOc1cc(/C=C(/C#N)c2ccc3c(c2)OCO3)cc(I)c1OC. The first kappa shape index (κ1) is 17.4. The molecule has 2 aromatic carbocycles. The molecule has 1 aliphatic heterocycles. The first-order valence-corrected chi connectivity index (χ1v) is 8.76. The minimum atomic E-state index is 0.207. The van der Waals surface area contributed by atoms with Crippen LogP contribution in [0.2, 0.25) is 0 Å². The lowest BCUT2D eigenvalue weighted by Crippen LogP contribution is -1.98. The summed E-state index contributed by atoms with van der Waals surface area (Å²) in [5.41, 5.74) is 2.17. The largest absolute Gasteiger partial charge is 0.492 e. The van der Waals surface area contributed by atoms with E-state index in [1.54, 1.807) is 7.11 Å². The molecule has 0 aliphatic carbocycles. The third-order valence-electron chi connectivity index (χ3n) is 3.65. The monoisotopic (exact) mass is 449 g/mol. The fourth-order valence-corrected chi connectivity index (χ4v) is 3.39. The average Bonchev–Trinajstić information content (AvgIpc) is 3.07. The summed E-state index contributed by atoms with van der Waals surface area (Å²) in [6.45, 7) is 2.66. The lowest BCUT2D eigenvalue weighted by molar-refractivity contribution is 0.174. The first-order chi connectivity index (χ1) is 12.2. The number of allylic oxidation sites excluding steroid dienone is 1. The molecular weight excluding hydrogens is 433 g/mol. The van der Waals surface area contributed by atoms with Gasteiger partial charge in [0.15, 0.2) is 23.0 Å². The second-order valence-corrected chi connectivity index (χ2v) is 6.37. The van der Waals surface area contributed by atoms with Crippen LogP contribution in [0.5, 0.6) is 23.0 Å². The summed E-state index contributed by atoms with van der Waals surface area (Å²) in [5.74, 6) is 2.70. The summed E-state index contributed by atoms with van der Waals surface area (Å²) >= 11 is 2.20. The number of halogens is 1. The van der Waals surface area contributed by atoms with Crippen LogP contribution < -0.4 is 18.9 Å². The highest BCUT2D eigenvalue weighted by Crippen LogP contribution is 2.37. The van der Waals surface area contributed by atoms with Gasteiger partial charge in [-0.2, -0.15) is 5.26 Å². The molecule has 0 saturated carbocycles. The number of hydrogen-bond acceptors (Lipinski definition) is 5. The molecule has 1 heterocycles. The average molecular weight is 449 g/mol. The standard InChI is InChI=1S/C19H16INO4/c1-3-23-18-8-12(7-15(20)19(18)22-2)6-14(10-21)13-4-5-16-17(9-13)25-11-24-16/h4-9H,3,11H2,1-2H3/b14-6-. The maximum absolute atomic E-state index is 9.58. The van der Waals surface area contributed by atoms with Gasteiger partial charge in [0.2, 0.25) is 6.79 Å². The second kappa shape index (κ2) is 7.66. The van der Waals surface area contributed by atoms with Crippen LogP contribution in [-0.2, 0) is 0 Å². The van der Waals surface area contributed by atoms with E-state index < -0.39 is 0 Å². The van der Waals surface area contributed by atoms with Gasteiger partial charge in [0.25, 0.3) is 0 Å². The van der Waals surface area contributed by atoms with Gasteiger partial charge < -0.3 is 18.9 Å². The van der Waals surface area contributed by atoms with Crippen LogP contribution in [-0.4, -0.2) is 20.5 Å². The van der Waals surface area contributed by atoms with Crippen molar-refractivity contribution in [1.29, 1.82) is 5.26 Å². The third kappa shape index (κ3) is 3.66. The van der Waals surface area contributed by atoms with Crippen molar-refractivity contribution in [3.63, 3.8) is 0 Å². The molecule has 25 heavy (non-hydrogen) atoms. The molecule has 2 aromatic rings. The zero-order chi connectivity index (χ0) is 17.8. The van der Waals surface area contributed by atoms with Crippen LogP contribution in [0.1, 0.15) is 18.1 Å². The van der Waals surface area contributed by atoms with Crippen molar-refractivity contribution < 1.29 is 18.9 Å². The van der Waals surface area contributed by atoms with E-state index in [9.17, 15) is 5.26 Å². The summed E-state index contributed by atoms with van der Waals surface area (Å²) in [7, 11) is 1.61. The smallest absolute Gasteiger partial charge is 0.231 e. The Morgan fingerprint density at radius 2 is 2.08 bits per heavy atom. The van der Waals surface area contributed by atoms with Gasteiger partial charge in [-0.3, -0.25) is 0 Å². The first-order valence-electron chi connectivity index (χ1n) is 7.68. The normalized spacial score (nSPS) is 12.6. The molecule has 0 aromatic heterocycles. The van der Waals surface area contributed by atoms with Crippen LogP contribution in [0.4, 0.5) is 0 Å². The van der Waals surface area contributed by atoms with E-state index in [0.29, 0.717) is 35.2 Å². The Labute approximate surface area is 159 Å². The Kier molecular flexibility index (Phi) is 5.34. The number of nitrogens with zero attached hydrogens (tertiary/aromatic N) is 1. The van der Waals surface area contributed by atoms with Crippen molar-refractivity contribution in [2.24, 2.45) is 0 Å². The molecule has 0 amide bonds. The Morgan fingerprint density at radius 3 is 2.80 bits per heavy atom. The maximum atomic E-state index is 9.58. The lowest BCUT2D eigenvalue weighted by Gasteiger charge is -2.12. The predicted octanol–water partition coefficient (Wildman–Crippen LogP) is 4.49. The number of ether oxygens (including phenoxy) is 4. The second-order valence-electron chi connectivity index (χ2n) is 5.20. The number of fused-ring (bicyclic) bond motifs is 1. The zero-order valence-corrected chi connectivity index (χ0v) is 16.0. The summed E-state index contributed by atoms with van der Waals surface area (Å²) in [6, 6.07) is 11.5. The molecule has 0 spiro atoms. The minimum Gasteiger partial charge on any atom is -0.492 e. The molecule has 0 unspecified atom stereocenters. The van der Waals surface area contributed by atoms with Crippen molar-refractivity contribution in [2.75, 3.05) is 20.5 Å². The Bertz CT molecular complexity index is 870. The van der Waals surface area contributed by atoms with Gasteiger partial charge in [-0.25, -0.2) is 0 Å². The van der Waals surface area contributed by atoms with Gasteiger partial charge in [-0.1, -0.05) is 0 Å². The van der Waals surface area contributed by atoms with Gasteiger partial charge in [-0.15, -0.1) is 0 Å². The van der Waals surface area contributed by atoms with Crippen LogP contribution in [0, 0.1) is 14.9 Å². The van der Waals surface area contributed by atoms with E-state index >= 15 is 0 Å². The topological polar surface area (TPSA) is 60.7 Å². The summed E-state index contributed by atoms with van der Waals surface area (Å²) in [6.07, 6.45) is 1.82. The molecule has 0 atom stereocenters. The van der Waals surface area contributed by atoms with Crippen molar-refractivity contribution >= 4 is 34.2 Å². The minimum absolute atomic E-state index is 0.207. The lowest BCUT2D eigenvalue weighted by atomic mass is 10.0. The molecule has 0 N–H and O–H groups in total. The van der Waals surface area contributed by atoms with E-state index in [1.165, 1.54) is 0 Å². The van der Waals surface area contributed by atoms with Crippen molar-refractivity contribution in [2.45, 2.75) is 6.92 Å². The summed E-state index contributed by atoms with van der Waals surface area (Å²) in [4.78, 5) is 0. The van der Waals surface area contributed by atoms with E-state index in [4.69, 9.17) is 18.9 Å². The van der Waals surface area contributed by atoms with E-state index in [-0.39, 0.29) is 6.79 Å². The predicted molar refractivity (Wildman–Crippen MR) is 103 cm³/mol. The van der Waals surface area contributed by atoms with Gasteiger partial charge in [-0.05, 0) is 77.0 Å². The number of rotatable bonds is 5. The van der Waals surface area contributed by atoms with E-state index in [1.807, 2.05) is 43.3 Å². The highest BCUT2D eigenvalue weighted by molar-refractivity contribution is 14.1. The molecule has 6 heteroatoms. The molecule has 0 saturated heterocycles. The summed E-state index contributed by atoms with van der Waals surface area (Å²) < 4.78 is 22.7. The summed E-state index contributed by atoms with van der Waals surface area (Å²) in [5, 5.41) is 9.58. The third-order valence-corrected chi connectivity index (χ3v) is 4.45. The zero-order valence-electron chi connectivity index (χ0n) is 13.8. The van der Waals surface area contributed by atoms with Crippen LogP contribution in [0.25, 0.3) is 11.6 Å². The molecular formula is C19H16INO4. The number of nitriles is 1. The van der Waals surface area contributed by atoms with E-state index in [0.717, 1.165) is 14.7 Å². The van der Waals surface area contributed by atoms with Crippen LogP contribution >= 0.6 is 22.6 Å². The fraction of sp³-hybridized carbons (Fsp3) is 0.211. The highest BCUT2D eigenvalue weighted by Gasteiger charge is 2.15. The molecule has 128 valence electrons. The molecule has 5 nitrogen and oxygen atoms in total. The van der Waals surface area contributed by atoms with Crippen molar-refractivity contribution in [1.82, 2.24) is 0 Å². The van der Waals surface area contributed by atoms with Gasteiger partial charge >= 0.3 is 0 Å². The fourth-order valence-electron chi connectivity index (χ4n) is 2.54. The molecule has 0 radical (unpaired) electrons. The molecule has 1 aliphatic rings. The van der Waals surface area contributed by atoms with Crippen molar-refractivity contribution in [3.05, 3.63) is 45.0 Å². The quantitative estimate of drug-likeness (QED) is 0.383. The van der Waals surface area contributed by atoms with Crippen LogP contribution in [0.3, 0.4) is 0 Å². The van der Waals surface area contributed by atoms with Gasteiger partial charge in [0.1, 0.15) is 0 Å². The Morgan fingerprint density at radius 1 is 1.28 bits per heavy atom. The molecule has 0 fully saturated rings. The number of hydrogen-bond donors (Lipinski definition) is 0. The number of methoxy groups -OCH3 is 1. The van der Waals surface area contributed by atoms with Crippen molar-refractivity contribution in [3.8, 4) is 29.1 Å². The Balaban J connectivity index is 2.01. The van der Waals surface area contributed by atoms with Gasteiger partial charge in [0.05, 0.1) is 28.9 Å². The van der Waals surface area contributed by atoms with Gasteiger partial charge in [0, 0.05) is 0 Å². The molecule has 0 bridgehead atoms.